The van der Waals surface area contributed by atoms with Gasteiger partial charge in [-0.05, 0) is 46.9 Å². The number of sulfonamides is 1. The van der Waals surface area contributed by atoms with Crippen molar-refractivity contribution >= 4 is 32.5 Å². The first-order valence-electron chi connectivity index (χ1n) is 9.14. The van der Waals surface area contributed by atoms with Crippen molar-refractivity contribution in [1.82, 2.24) is 4.72 Å². The number of nitrogens with zero attached hydrogens (tertiary/aromatic N) is 1. The van der Waals surface area contributed by atoms with Gasteiger partial charge in [-0.15, -0.1) is 0 Å². The Hall–Kier alpha value is -2.90. The third-order valence-corrected chi connectivity index (χ3v) is 7.05. The van der Waals surface area contributed by atoms with E-state index in [1.54, 1.807) is 30.3 Å². The molecule has 1 saturated heterocycles. The summed E-state index contributed by atoms with van der Waals surface area (Å²) in [7, 11) is -3.64. The van der Waals surface area contributed by atoms with Crippen molar-refractivity contribution in [3.8, 4) is 11.1 Å². The summed E-state index contributed by atoms with van der Waals surface area (Å²) >= 11 is 0. The van der Waals surface area contributed by atoms with E-state index in [-0.39, 0.29) is 16.6 Å². The number of hydrogen-bond donors (Lipinski definition) is 2. The van der Waals surface area contributed by atoms with Crippen LogP contribution < -0.4 is 9.62 Å². The molecule has 0 amide bonds. The van der Waals surface area contributed by atoms with E-state index in [4.69, 9.17) is 0 Å². The van der Waals surface area contributed by atoms with E-state index in [2.05, 4.69) is 9.62 Å². The van der Waals surface area contributed by atoms with Crippen molar-refractivity contribution in [2.24, 2.45) is 0 Å². The number of carboxylic acid groups (broad SMARTS) is 1. The molecule has 2 heterocycles. The zero-order valence-corrected chi connectivity index (χ0v) is 15.7. The van der Waals surface area contributed by atoms with Gasteiger partial charge in [-0.2, -0.15) is 4.72 Å². The van der Waals surface area contributed by atoms with Gasteiger partial charge in [-0.3, -0.25) is 0 Å². The van der Waals surface area contributed by atoms with Gasteiger partial charge in [-0.1, -0.05) is 42.5 Å². The molecule has 0 radical (unpaired) electrons. The molecule has 7 heteroatoms. The number of carboxylic acids is 1. The minimum absolute atomic E-state index is 0.179. The predicted molar refractivity (Wildman–Crippen MR) is 107 cm³/mol. The standard InChI is InChI=1S/C21H18N2O4S/c24-21(25)20-15-5-2-1-4-13(15)7-9-16(20)14-8-10-17-18(12-14)28(26,27)22-19-6-3-11-23(17)19/h1-2,4-5,7-10,12,19,22H,3,6,11H2,(H,24,25). The van der Waals surface area contributed by atoms with Crippen molar-refractivity contribution in [3.05, 3.63) is 60.2 Å². The number of rotatable bonds is 2. The summed E-state index contributed by atoms with van der Waals surface area (Å²) in [6.07, 6.45) is 1.52. The average molecular weight is 394 g/mol. The number of aromatic carboxylic acids is 1. The molecule has 1 fully saturated rings. The van der Waals surface area contributed by atoms with Crippen LogP contribution >= 0.6 is 0 Å². The lowest BCUT2D eigenvalue weighted by Crippen LogP contribution is -2.48. The molecule has 5 rings (SSSR count). The fourth-order valence-electron chi connectivity index (χ4n) is 4.30. The number of fused-ring (bicyclic) bond motifs is 4. The molecule has 1 unspecified atom stereocenters. The molecule has 0 spiro atoms. The lowest BCUT2D eigenvalue weighted by Gasteiger charge is -2.34. The molecule has 0 bridgehead atoms. The highest BCUT2D eigenvalue weighted by atomic mass is 32.2. The summed E-state index contributed by atoms with van der Waals surface area (Å²) in [6, 6.07) is 16.1. The lowest BCUT2D eigenvalue weighted by atomic mass is 9.94. The molecule has 2 N–H and O–H groups in total. The molecule has 142 valence electrons. The van der Waals surface area contributed by atoms with Crippen molar-refractivity contribution in [2.45, 2.75) is 23.9 Å². The summed E-state index contributed by atoms with van der Waals surface area (Å²) < 4.78 is 28.3. The topological polar surface area (TPSA) is 86.7 Å². The lowest BCUT2D eigenvalue weighted by molar-refractivity contribution is 0.0700. The Morgan fingerprint density at radius 2 is 1.93 bits per heavy atom. The number of benzene rings is 3. The molecule has 3 aromatic rings. The zero-order chi connectivity index (χ0) is 19.5. The van der Waals surface area contributed by atoms with Gasteiger partial charge in [0.15, 0.2) is 0 Å². The van der Waals surface area contributed by atoms with Gasteiger partial charge in [0.2, 0.25) is 10.0 Å². The van der Waals surface area contributed by atoms with Crippen LogP contribution in [0.1, 0.15) is 23.2 Å². The number of carbonyl (C=O) groups is 1. The van der Waals surface area contributed by atoms with Gasteiger partial charge >= 0.3 is 5.97 Å². The smallest absolute Gasteiger partial charge is 0.336 e. The molecule has 3 aromatic carbocycles. The maximum absolute atomic E-state index is 12.8. The van der Waals surface area contributed by atoms with Crippen molar-refractivity contribution in [3.63, 3.8) is 0 Å². The van der Waals surface area contributed by atoms with Crippen LogP contribution in [0.15, 0.2) is 59.5 Å². The predicted octanol–water partition coefficient (Wildman–Crippen LogP) is 3.42. The van der Waals surface area contributed by atoms with Crippen LogP contribution in [0, 0.1) is 0 Å². The molecule has 2 aliphatic heterocycles. The minimum atomic E-state index is -3.64. The van der Waals surface area contributed by atoms with E-state index in [1.165, 1.54) is 0 Å². The van der Waals surface area contributed by atoms with Gasteiger partial charge in [0.25, 0.3) is 0 Å². The Morgan fingerprint density at radius 3 is 2.75 bits per heavy atom. The second kappa shape index (κ2) is 6.05. The van der Waals surface area contributed by atoms with Crippen LogP contribution in [0.4, 0.5) is 5.69 Å². The molecule has 28 heavy (non-hydrogen) atoms. The highest BCUT2D eigenvalue weighted by Gasteiger charge is 2.37. The first kappa shape index (κ1) is 17.2. The second-order valence-electron chi connectivity index (χ2n) is 7.17. The van der Waals surface area contributed by atoms with Crippen LogP contribution in [0.3, 0.4) is 0 Å². The minimum Gasteiger partial charge on any atom is -0.478 e. The normalized spacial score (nSPS) is 20.0. The zero-order valence-electron chi connectivity index (χ0n) is 14.9. The molecule has 2 aliphatic rings. The quantitative estimate of drug-likeness (QED) is 0.695. The summed E-state index contributed by atoms with van der Waals surface area (Å²) in [4.78, 5) is 14.3. The molecular weight excluding hydrogens is 376 g/mol. The van der Waals surface area contributed by atoms with E-state index in [0.29, 0.717) is 22.2 Å². The molecule has 0 aliphatic carbocycles. The van der Waals surface area contributed by atoms with Crippen LogP contribution in [-0.2, 0) is 10.0 Å². The Bertz CT molecular complexity index is 1240. The summed E-state index contributed by atoms with van der Waals surface area (Å²) in [6.45, 7) is 0.801. The fraction of sp³-hybridized carbons (Fsp3) is 0.190. The first-order valence-corrected chi connectivity index (χ1v) is 10.6. The third-order valence-electron chi connectivity index (χ3n) is 5.56. The highest BCUT2D eigenvalue weighted by molar-refractivity contribution is 7.89. The van der Waals surface area contributed by atoms with Crippen LogP contribution in [0.25, 0.3) is 21.9 Å². The monoisotopic (exact) mass is 394 g/mol. The van der Waals surface area contributed by atoms with E-state index in [9.17, 15) is 18.3 Å². The fourth-order valence-corrected chi connectivity index (χ4v) is 5.77. The van der Waals surface area contributed by atoms with Gasteiger partial charge in [0, 0.05) is 6.54 Å². The Balaban J connectivity index is 1.74. The molecule has 0 aromatic heterocycles. The average Bonchev–Trinajstić information content (AvgIpc) is 3.14. The molecule has 1 atom stereocenters. The van der Waals surface area contributed by atoms with Crippen LogP contribution in [0.5, 0.6) is 0 Å². The summed E-state index contributed by atoms with van der Waals surface area (Å²) in [5, 5.41) is 11.3. The number of nitrogens with one attached hydrogen (secondary N) is 1. The van der Waals surface area contributed by atoms with Crippen LogP contribution in [0.2, 0.25) is 0 Å². The summed E-state index contributed by atoms with van der Waals surface area (Å²) in [5.41, 5.74) is 1.94. The number of anilines is 1. The maximum atomic E-state index is 12.8. The Kier molecular flexibility index (Phi) is 3.72. The van der Waals surface area contributed by atoms with Gasteiger partial charge in [0.1, 0.15) is 4.90 Å². The van der Waals surface area contributed by atoms with Gasteiger partial charge in [-0.25, -0.2) is 13.2 Å². The largest absolute Gasteiger partial charge is 0.478 e. The Morgan fingerprint density at radius 1 is 1.11 bits per heavy atom. The van der Waals surface area contributed by atoms with Crippen LogP contribution in [-0.4, -0.2) is 32.2 Å². The van der Waals surface area contributed by atoms with Crippen molar-refractivity contribution < 1.29 is 18.3 Å². The van der Waals surface area contributed by atoms with Crippen molar-refractivity contribution in [1.29, 1.82) is 0 Å². The number of hydrogen-bond acceptors (Lipinski definition) is 4. The van der Waals surface area contributed by atoms with Gasteiger partial charge < -0.3 is 10.0 Å². The summed E-state index contributed by atoms with van der Waals surface area (Å²) in [5.74, 6) is -1.04. The highest BCUT2D eigenvalue weighted by Crippen LogP contribution is 2.39. The van der Waals surface area contributed by atoms with Gasteiger partial charge in [0.05, 0.1) is 17.4 Å². The first-order chi connectivity index (χ1) is 13.5. The third kappa shape index (κ3) is 2.51. The van der Waals surface area contributed by atoms with E-state index in [0.717, 1.165) is 24.8 Å². The molecular formula is C21H18N2O4S. The van der Waals surface area contributed by atoms with Crippen molar-refractivity contribution in [2.75, 3.05) is 11.4 Å². The van der Waals surface area contributed by atoms with E-state index >= 15 is 0 Å². The SMILES string of the molecule is O=C(O)c1c(-c2ccc3c(c2)S(=O)(=O)NC2CCCN32)ccc2ccccc12. The Labute approximate surface area is 162 Å². The molecule has 0 saturated carbocycles. The maximum Gasteiger partial charge on any atom is 0.336 e. The molecule has 6 nitrogen and oxygen atoms in total. The van der Waals surface area contributed by atoms with E-state index < -0.39 is 16.0 Å². The van der Waals surface area contributed by atoms with E-state index in [1.807, 2.05) is 24.3 Å². The second-order valence-corrected chi connectivity index (χ2v) is 8.85.